The standard InChI is InChI=1S/C19H23N5O/c1-2-24-13-17(12-20-24)15-8-10-23(11-9-15)14-18-21-19(22-25-18)16-6-4-3-5-7-16/h3-7,12-13,15H,2,8-11,14H2,1H3. The summed E-state index contributed by atoms with van der Waals surface area (Å²) < 4.78 is 7.44. The fourth-order valence-electron chi connectivity index (χ4n) is 3.40. The maximum atomic E-state index is 5.44. The molecule has 0 bridgehead atoms. The van der Waals surface area contributed by atoms with Crippen LogP contribution in [0.15, 0.2) is 47.2 Å². The van der Waals surface area contributed by atoms with E-state index in [-0.39, 0.29) is 0 Å². The highest BCUT2D eigenvalue weighted by molar-refractivity contribution is 5.53. The minimum atomic E-state index is 0.610. The van der Waals surface area contributed by atoms with Gasteiger partial charge < -0.3 is 4.52 Å². The molecule has 0 unspecified atom stereocenters. The summed E-state index contributed by atoms with van der Waals surface area (Å²) in [5, 5.41) is 8.50. The Balaban J connectivity index is 1.34. The molecule has 3 aromatic rings. The highest BCUT2D eigenvalue weighted by atomic mass is 16.5. The van der Waals surface area contributed by atoms with Crippen LogP contribution >= 0.6 is 0 Å². The highest BCUT2D eigenvalue weighted by Crippen LogP contribution is 2.28. The molecule has 1 aromatic carbocycles. The maximum Gasteiger partial charge on any atom is 0.241 e. The number of hydrogen-bond donors (Lipinski definition) is 0. The minimum Gasteiger partial charge on any atom is -0.338 e. The van der Waals surface area contributed by atoms with Crippen molar-refractivity contribution in [1.29, 1.82) is 0 Å². The number of hydrogen-bond acceptors (Lipinski definition) is 5. The zero-order chi connectivity index (χ0) is 17.1. The van der Waals surface area contributed by atoms with Crippen molar-refractivity contribution in [3.63, 3.8) is 0 Å². The molecule has 0 atom stereocenters. The van der Waals surface area contributed by atoms with Gasteiger partial charge in [0.2, 0.25) is 11.7 Å². The Hall–Kier alpha value is -2.47. The number of piperidine rings is 1. The van der Waals surface area contributed by atoms with E-state index < -0.39 is 0 Å². The minimum absolute atomic E-state index is 0.610. The number of likely N-dealkylation sites (tertiary alicyclic amines) is 1. The Labute approximate surface area is 147 Å². The Morgan fingerprint density at radius 2 is 1.96 bits per heavy atom. The normalized spacial score (nSPS) is 16.4. The van der Waals surface area contributed by atoms with Crippen molar-refractivity contribution in [2.24, 2.45) is 0 Å². The fraction of sp³-hybridized carbons (Fsp3) is 0.421. The zero-order valence-electron chi connectivity index (χ0n) is 14.5. The number of nitrogens with zero attached hydrogens (tertiary/aromatic N) is 5. The summed E-state index contributed by atoms with van der Waals surface area (Å²) in [6.07, 6.45) is 6.50. The van der Waals surface area contributed by atoms with Crippen LogP contribution in [0.5, 0.6) is 0 Å². The van der Waals surface area contributed by atoms with E-state index in [0.29, 0.717) is 17.6 Å². The van der Waals surface area contributed by atoms with Crippen LogP contribution < -0.4 is 0 Å². The van der Waals surface area contributed by atoms with Crippen molar-refractivity contribution in [2.45, 2.75) is 38.8 Å². The summed E-state index contributed by atoms with van der Waals surface area (Å²) in [4.78, 5) is 6.93. The molecule has 25 heavy (non-hydrogen) atoms. The predicted octanol–water partition coefficient (Wildman–Crippen LogP) is 3.33. The maximum absolute atomic E-state index is 5.44. The van der Waals surface area contributed by atoms with Crippen LogP contribution in [0.25, 0.3) is 11.4 Å². The number of benzene rings is 1. The lowest BCUT2D eigenvalue weighted by molar-refractivity contribution is 0.181. The van der Waals surface area contributed by atoms with Crippen LogP contribution in [0.1, 0.15) is 37.1 Å². The van der Waals surface area contributed by atoms with E-state index in [4.69, 9.17) is 4.52 Å². The lowest BCUT2D eigenvalue weighted by Gasteiger charge is -2.30. The average molecular weight is 337 g/mol. The van der Waals surface area contributed by atoms with Crippen LogP contribution in [-0.4, -0.2) is 37.9 Å². The largest absolute Gasteiger partial charge is 0.338 e. The van der Waals surface area contributed by atoms with Gasteiger partial charge in [0.15, 0.2) is 0 Å². The first-order valence-electron chi connectivity index (χ1n) is 8.94. The summed E-state index contributed by atoms with van der Waals surface area (Å²) in [6.45, 7) is 5.87. The van der Waals surface area contributed by atoms with Gasteiger partial charge in [-0.2, -0.15) is 10.1 Å². The predicted molar refractivity (Wildman–Crippen MR) is 94.9 cm³/mol. The van der Waals surface area contributed by atoms with E-state index in [9.17, 15) is 0 Å². The van der Waals surface area contributed by atoms with Gasteiger partial charge in [-0.1, -0.05) is 35.5 Å². The topological polar surface area (TPSA) is 60.0 Å². The van der Waals surface area contributed by atoms with Crippen LogP contribution in [0.4, 0.5) is 0 Å². The van der Waals surface area contributed by atoms with Crippen molar-refractivity contribution in [3.05, 3.63) is 54.2 Å². The first-order chi connectivity index (χ1) is 12.3. The van der Waals surface area contributed by atoms with E-state index in [1.54, 1.807) is 0 Å². The van der Waals surface area contributed by atoms with E-state index in [0.717, 1.165) is 44.6 Å². The second kappa shape index (κ2) is 7.19. The lowest BCUT2D eigenvalue weighted by Crippen LogP contribution is -2.32. The molecule has 0 saturated carbocycles. The third-order valence-corrected chi connectivity index (χ3v) is 4.90. The highest BCUT2D eigenvalue weighted by Gasteiger charge is 2.23. The Bertz CT molecular complexity index is 802. The lowest BCUT2D eigenvalue weighted by atomic mass is 9.91. The number of aryl methyl sites for hydroxylation is 1. The first-order valence-corrected chi connectivity index (χ1v) is 8.94. The Morgan fingerprint density at radius 1 is 1.16 bits per heavy atom. The molecular formula is C19H23N5O. The molecule has 0 amide bonds. The molecule has 6 heteroatoms. The molecule has 130 valence electrons. The molecule has 0 spiro atoms. The van der Waals surface area contributed by atoms with E-state index >= 15 is 0 Å². The molecule has 6 nitrogen and oxygen atoms in total. The van der Waals surface area contributed by atoms with Crippen LogP contribution in [0.2, 0.25) is 0 Å². The molecule has 1 saturated heterocycles. The van der Waals surface area contributed by atoms with Gasteiger partial charge in [-0.05, 0) is 44.3 Å². The molecule has 1 aliphatic rings. The monoisotopic (exact) mass is 337 g/mol. The summed E-state index contributed by atoms with van der Waals surface area (Å²) in [5.74, 6) is 1.97. The second-order valence-electron chi connectivity index (χ2n) is 6.56. The van der Waals surface area contributed by atoms with Gasteiger partial charge in [0, 0.05) is 18.3 Å². The van der Waals surface area contributed by atoms with Gasteiger partial charge in [-0.15, -0.1) is 0 Å². The van der Waals surface area contributed by atoms with Crippen LogP contribution in [0.3, 0.4) is 0 Å². The molecule has 1 aliphatic heterocycles. The molecule has 3 heterocycles. The van der Waals surface area contributed by atoms with E-state index in [1.807, 2.05) is 41.2 Å². The Morgan fingerprint density at radius 3 is 2.68 bits per heavy atom. The summed E-state index contributed by atoms with van der Waals surface area (Å²) in [6, 6.07) is 9.94. The third kappa shape index (κ3) is 3.64. The number of rotatable bonds is 5. The molecule has 0 aliphatic carbocycles. The quantitative estimate of drug-likeness (QED) is 0.715. The van der Waals surface area contributed by atoms with Gasteiger partial charge >= 0.3 is 0 Å². The fourth-order valence-corrected chi connectivity index (χ4v) is 3.40. The smallest absolute Gasteiger partial charge is 0.241 e. The van der Waals surface area contributed by atoms with Gasteiger partial charge in [-0.25, -0.2) is 0 Å². The molecule has 2 aromatic heterocycles. The summed E-state index contributed by atoms with van der Waals surface area (Å²) in [7, 11) is 0. The van der Waals surface area contributed by atoms with Gasteiger partial charge in [0.1, 0.15) is 0 Å². The Kier molecular flexibility index (Phi) is 4.61. The molecule has 0 N–H and O–H groups in total. The van der Waals surface area contributed by atoms with Gasteiger partial charge in [0.25, 0.3) is 0 Å². The molecule has 0 radical (unpaired) electrons. The molecular weight excluding hydrogens is 314 g/mol. The van der Waals surface area contributed by atoms with Crippen molar-refractivity contribution in [3.8, 4) is 11.4 Å². The molecule has 1 fully saturated rings. The zero-order valence-corrected chi connectivity index (χ0v) is 14.5. The van der Waals surface area contributed by atoms with E-state index in [1.165, 1.54) is 5.56 Å². The first kappa shape index (κ1) is 16.0. The van der Waals surface area contributed by atoms with Gasteiger partial charge in [-0.3, -0.25) is 9.58 Å². The SMILES string of the molecule is CCn1cc(C2CCN(Cc3nc(-c4ccccc4)no3)CC2)cn1. The van der Waals surface area contributed by atoms with Crippen molar-refractivity contribution in [1.82, 2.24) is 24.8 Å². The average Bonchev–Trinajstić information content (AvgIpc) is 3.33. The number of aromatic nitrogens is 4. The van der Waals surface area contributed by atoms with Crippen LogP contribution in [-0.2, 0) is 13.1 Å². The van der Waals surface area contributed by atoms with Crippen LogP contribution in [0, 0.1) is 0 Å². The third-order valence-electron chi connectivity index (χ3n) is 4.90. The van der Waals surface area contributed by atoms with Gasteiger partial charge in [0.05, 0.1) is 12.7 Å². The van der Waals surface area contributed by atoms with Crippen molar-refractivity contribution >= 4 is 0 Å². The molecule has 4 rings (SSSR count). The van der Waals surface area contributed by atoms with Crippen molar-refractivity contribution in [2.75, 3.05) is 13.1 Å². The van der Waals surface area contributed by atoms with E-state index in [2.05, 4.69) is 33.3 Å². The summed E-state index contributed by atoms with van der Waals surface area (Å²) in [5.41, 5.74) is 2.36. The summed E-state index contributed by atoms with van der Waals surface area (Å²) >= 11 is 0. The second-order valence-corrected chi connectivity index (χ2v) is 6.56. The van der Waals surface area contributed by atoms with Crippen molar-refractivity contribution < 1.29 is 4.52 Å².